The van der Waals surface area contributed by atoms with Gasteiger partial charge in [-0.3, -0.25) is 4.68 Å². The van der Waals surface area contributed by atoms with Crippen molar-refractivity contribution in [3.8, 4) is 0 Å². The molecule has 0 amide bonds. The van der Waals surface area contributed by atoms with Crippen molar-refractivity contribution in [2.45, 2.75) is 51.7 Å². The van der Waals surface area contributed by atoms with Crippen LogP contribution < -0.4 is 10.2 Å². The molecule has 2 heterocycles. The first-order chi connectivity index (χ1) is 9.61. The van der Waals surface area contributed by atoms with Gasteiger partial charge in [0.25, 0.3) is 0 Å². The first-order valence-electron chi connectivity index (χ1n) is 7.75. The predicted octanol–water partition coefficient (Wildman–Crippen LogP) is 1.19. The lowest BCUT2D eigenvalue weighted by molar-refractivity contribution is 0.244. The molecule has 5 nitrogen and oxygen atoms in total. The average molecular weight is 278 g/mol. The molecule has 0 aromatic carbocycles. The van der Waals surface area contributed by atoms with Crippen LogP contribution in [0.1, 0.15) is 37.4 Å². The van der Waals surface area contributed by atoms with Crippen LogP contribution >= 0.6 is 0 Å². The quantitative estimate of drug-likeness (QED) is 0.849. The van der Waals surface area contributed by atoms with Gasteiger partial charge in [0, 0.05) is 31.7 Å². The molecular weight excluding hydrogens is 252 g/mol. The minimum absolute atomic E-state index is 0.223. The third kappa shape index (κ3) is 2.44. The topological polar surface area (TPSA) is 53.3 Å². The van der Waals surface area contributed by atoms with Crippen molar-refractivity contribution in [1.82, 2.24) is 15.1 Å². The fourth-order valence-corrected chi connectivity index (χ4v) is 3.34. The number of rotatable bonds is 5. The second-order valence-electron chi connectivity index (χ2n) is 6.38. The highest BCUT2D eigenvalue weighted by Crippen LogP contribution is 2.33. The van der Waals surface area contributed by atoms with Crippen LogP contribution in [0, 0.1) is 12.8 Å². The third-order valence-corrected chi connectivity index (χ3v) is 4.80. The Labute approximate surface area is 121 Å². The Hall–Kier alpha value is -1.07. The van der Waals surface area contributed by atoms with Gasteiger partial charge >= 0.3 is 0 Å². The molecule has 3 rings (SSSR count). The Bertz CT molecular complexity index is 480. The van der Waals surface area contributed by atoms with Crippen LogP contribution in [0.15, 0.2) is 0 Å². The SMILES string of the molecule is Cc1nn(C)c(N2CCC(C)C2CO)c1CNC1CC1. The summed E-state index contributed by atoms with van der Waals surface area (Å²) in [6, 6.07) is 0.929. The molecule has 112 valence electrons. The number of anilines is 1. The number of nitrogens with one attached hydrogen (secondary N) is 1. The molecule has 0 radical (unpaired) electrons. The van der Waals surface area contributed by atoms with E-state index in [0.29, 0.717) is 12.0 Å². The molecule has 5 heteroatoms. The van der Waals surface area contributed by atoms with E-state index in [9.17, 15) is 5.11 Å². The summed E-state index contributed by atoms with van der Waals surface area (Å²) in [5, 5.41) is 17.9. The van der Waals surface area contributed by atoms with E-state index in [1.165, 1.54) is 24.2 Å². The van der Waals surface area contributed by atoms with Crippen LogP contribution in [0.2, 0.25) is 0 Å². The standard InChI is InChI=1S/C15H26N4O/c1-10-6-7-19(14(10)9-20)15-13(8-16-12-4-5-12)11(2)17-18(15)3/h10,12,14,16,20H,4-9H2,1-3H3. The molecule has 1 saturated carbocycles. The van der Waals surface area contributed by atoms with Gasteiger partial charge in [-0.05, 0) is 32.1 Å². The van der Waals surface area contributed by atoms with E-state index in [4.69, 9.17) is 0 Å². The zero-order valence-corrected chi connectivity index (χ0v) is 12.8. The Morgan fingerprint density at radius 3 is 2.75 bits per heavy atom. The maximum Gasteiger partial charge on any atom is 0.131 e. The summed E-state index contributed by atoms with van der Waals surface area (Å²) in [7, 11) is 2.01. The van der Waals surface area contributed by atoms with E-state index < -0.39 is 0 Å². The van der Waals surface area contributed by atoms with Crippen molar-refractivity contribution in [3.63, 3.8) is 0 Å². The Morgan fingerprint density at radius 1 is 1.35 bits per heavy atom. The molecule has 2 N–H and O–H groups in total. The van der Waals surface area contributed by atoms with Crippen LogP contribution in [0.3, 0.4) is 0 Å². The van der Waals surface area contributed by atoms with Crippen LogP contribution in [0.25, 0.3) is 0 Å². The molecule has 1 saturated heterocycles. The Morgan fingerprint density at radius 2 is 2.10 bits per heavy atom. The first kappa shape index (κ1) is 13.9. The highest BCUT2D eigenvalue weighted by Gasteiger charge is 2.34. The summed E-state index contributed by atoms with van der Waals surface area (Å²) in [5.74, 6) is 1.73. The lowest BCUT2D eigenvalue weighted by Gasteiger charge is -2.28. The number of aryl methyl sites for hydroxylation is 2. The monoisotopic (exact) mass is 278 g/mol. The highest BCUT2D eigenvalue weighted by molar-refractivity contribution is 5.52. The number of aliphatic hydroxyl groups excluding tert-OH is 1. The average Bonchev–Trinajstić information content (AvgIpc) is 3.10. The molecule has 1 aromatic heterocycles. The highest BCUT2D eigenvalue weighted by atomic mass is 16.3. The Kier molecular flexibility index (Phi) is 3.73. The molecule has 2 fully saturated rings. The predicted molar refractivity (Wildman–Crippen MR) is 79.8 cm³/mol. The second-order valence-corrected chi connectivity index (χ2v) is 6.38. The van der Waals surface area contributed by atoms with Gasteiger partial charge in [-0.2, -0.15) is 5.10 Å². The molecular formula is C15H26N4O. The number of aliphatic hydroxyl groups is 1. The van der Waals surface area contributed by atoms with Crippen molar-refractivity contribution in [1.29, 1.82) is 0 Å². The smallest absolute Gasteiger partial charge is 0.131 e. The molecule has 1 aromatic rings. The summed E-state index contributed by atoms with van der Waals surface area (Å²) in [6.45, 7) is 6.44. The van der Waals surface area contributed by atoms with Gasteiger partial charge in [0.2, 0.25) is 0 Å². The molecule has 0 spiro atoms. The largest absolute Gasteiger partial charge is 0.394 e. The van der Waals surface area contributed by atoms with Gasteiger partial charge in [0.05, 0.1) is 18.3 Å². The summed E-state index contributed by atoms with van der Waals surface area (Å²) < 4.78 is 1.99. The van der Waals surface area contributed by atoms with Gasteiger partial charge in [-0.15, -0.1) is 0 Å². The summed E-state index contributed by atoms with van der Waals surface area (Å²) in [6.07, 6.45) is 3.74. The second kappa shape index (κ2) is 5.37. The molecule has 2 unspecified atom stereocenters. The van der Waals surface area contributed by atoms with Crippen molar-refractivity contribution in [3.05, 3.63) is 11.3 Å². The number of aromatic nitrogens is 2. The van der Waals surface area contributed by atoms with E-state index in [-0.39, 0.29) is 12.6 Å². The molecule has 1 aliphatic heterocycles. The third-order valence-electron chi connectivity index (χ3n) is 4.80. The van der Waals surface area contributed by atoms with E-state index in [2.05, 4.69) is 29.2 Å². The summed E-state index contributed by atoms with van der Waals surface area (Å²) in [5.41, 5.74) is 2.40. The molecule has 2 atom stereocenters. The molecule has 0 bridgehead atoms. The molecule has 1 aliphatic carbocycles. The van der Waals surface area contributed by atoms with Gasteiger partial charge in [0.15, 0.2) is 0 Å². The van der Waals surface area contributed by atoms with Gasteiger partial charge in [-0.25, -0.2) is 0 Å². The summed E-state index contributed by atoms with van der Waals surface area (Å²) >= 11 is 0. The minimum atomic E-state index is 0.223. The van der Waals surface area contributed by atoms with Gasteiger partial charge < -0.3 is 15.3 Å². The van der Waals surface area contributed by atoms with E-state index in [0.717, 1.165) is 25.2 Å². The Balaban J connectivity index is 1.86. The van der Waals surface area contributed by atoms with Gasteiger partial charge in [-0.1, -0.05) is 6.92 Å². The van der Waals surface area contributed by atoms with E-state index >= 15 is 0 Å². The number of hydrogen-bond donors (Lipinski definition) is 2. The van der Waals surface area contributed by atoms with Crippen LogP contribution in [0.4, 0.5) is 5.82 Å². The fraction of sp³-hybridized carbons (Fsp3) is 0.800. The normalized spacial score (nSPS) is 26.5. The number of nitrogens with zero attached hydrogens (tertiary/aromatic N) is 3. The zero-order chi connectivity index (χ0) is 14.3. The van der Waals surface area contributed by atoms with Crippen LogP contribution in [-0.4, -0.2) is 40.1 Å². The molecule has 20 heavy (non-hydrogen) atoms. The maximum absolute atomic E-state index is 9.70. The van der Waals surface area contributed by atoms with Crippen molar-refractivity contribution >= 4 is 5.82 Å². The first-order valence-corrected chi connectivity index (χ1v) is 7.75. The lowest BCUT2D eigenvalue weighted by atomic mass is 10.0. The van der Waals surface area contributed by atoms with Crippen LogP contribution in [0.5, 0.6) is 0 Å². The van der Waals surface area contributed by atoms with Crippen LogP contribution in [-0.2, 0) is 13.6 Å². The molecule has 2 aliphatic rings. The number of hydrogen-bond acceptors (Lipinski definition) is 4. The fourth-order valence-electron chi connectivity index (χ4n) is 3.34. The van der Waals surface area contributed by atoms with Crippen molar-refractivity contribution in [2.75, 3.05) is 18.1 Å². The van der Waals surface area contributed by atoms with Crippen molar-refractivity contribution < 1.29 is 5.11 Å². The van der Waals surface area contributed by atoms with E-state index in [1.54, 1.807) is 0 Å². The van der Waals surface area contributed by atoms with E-state index in [1.807, 2.05) is 11.7 Å². The maximum atomic E-state index is 9.70. The summed E-state index contributed by atoms with van der Waals surface area (Å²) in [4.78, 5) is 2.36. The van der Waals surface area contributed by atoms with Crippen molar-refractivity contribution in [2.24, 2.45) is 13.0 Å². The zero-order valence-electron chi connectivity index (χ0n) is 12.8. The minimum Gasteiger partial charge on any atom is -0.394 e. The van der Waals surface area contributed by atoms with Gasteiger partial charge in [0.1, 0.15) is 5.82 Å². The lowest BCUT2D eigenvalue weighted by Crippen LogP contribution is -2.37.